The van der Waals surface area contributed by atoms with Crippen LogP contribution in [0.25, 0.3) is 27.6 Å². The molecule has 7 rings (SSSR count). The van der Waals surface area contributed by atoms with Crippen molar-refractivity contribution in [1.82, 2.24) is 9.55 Å². The zero-order valence-corrected chi connectivity index (χ0v) is 39.7. The van der Waals surface area contributed by atoms with Crippen molar-refractivity contribution in [2.24, 2.45) is 0 Å². The van der Waals surface area contributed by atoms with Crippen LogP contribution >= 0.6 is 0 Å². The number of fused-ring (bicyclic) bond motifs is 3. The fraction of sp³-hybridized carbons (Fsp3) is 0.375. The van der Waals surface area contributed by atoms with E-state index in [-0.39, 0.29) is 27.1 Å². The Morgan fingerprint density at radius 3 is 1.70 bits per heavy atom. The molecular weight excluding hydrogens is 745 g/mol. The Morgan fingerprint density at radius 1 is 0.492 bits per heavy atom. The maximum atomic E-state index is 6.93. The number of hydrogen-bond acceptors (Lipinski definition) is 4. The van der Waals surface area contributed by atoms with Gasteiger partial charge in [0.05, 0.1) is 22.4 Å². The van der Waals surface area contributed by atoms with Crippen LogP contribution in [0.3, 0.4) is 0 Å². The summed E-state index contributed by atoms with van der Waals surface area (Å²) in [5, 5.41) is 6.22. The van der Waals surface area contributed by atoms with E-state index < -0.39 is 0 Å². The third kappa shape index (κ3) is 9.22. The number of benzene rings is 5. The standard InChI is InChI=1S/C56H68N4O/c1-52(2,3)36-21-24-48-46(32-36)45-23-22-43(35-50(45)60(48)51-33-37(25-26-57-51)53(4,5)6)61-44-31-40(56(13,14)15)30-42(34-44)59(16)49-20-18-17-19-47(49)58-41-28-38(54(7,8)9)27-39(29-41)55(10,11)12/h17-35,58H,1-16H3. The Kier molecular flexibility index (Phi) is 11.0. The van der Waals surface area contributed by atoms with E-state index in [1.54, 1.807) is 0 Å². The number of pyridine rings is 1. The molecule has 0 bridgehead atoms. The van der Waals surface area contributed by atoms with E-state index in [1.165, 1.54) is 38.6 Å². The van der Waals surface area contributed by atoms with E-state index >= 15 is 0 Å². The molecule has 0 spiro atoms. The van der Waals surface area contributed by atoms with Crippen LogP contribution in [0.4, 0.5) is 22.7 Å². The van der Waals surface area contributed by atoms with Gasteiger partial charge < -0.3 is 15.0 Å². The zero-order chi connectivity index (χ0) is 44.4. The Balaban J connectivity index is 1.31. The van der Waals surface area contributed by atoms with E-state index in [1.807, 2.05) is 6.20 Å². The fourth-order valence-electron chi connectivity index (χ4n) is 7.92. The molecular formula is C56H68N4O. The monoisotopic (exact) mass is 813 g/mol. The lowest BCUT2D eigenvalue weighted by Gasteiger charge is -2.28. The number of nitrogens with one attached hydrogen (secondary N) is 1. The van der Waals surface area contributed by atoms with Gasteiger partial charge in [-0.1, -0.05) is 128 Å². The van der Waals surface area contributed by atoms with Gasteiger partial charge in [0.2, 0.25) is 0 Å². The molecule has 0 aliphatic carbocycles. The second-order valence-corrected chi connectivity index (χ2v) is 22.2. The van der Waals surface area contributed by atoms with Crippen molar-refractivity contribution < 1.29 is 4.74 Å². The second-order valence-electron chi connectivity index (χ2n) is 22.2. The number of anilines is 4. The SMILES string of the molecule is CN(c1cc(Oc2ccc3c4cc(C(C)(C)C)ccc4n(-c4cc(C(C)(C)C)ccn4)c3c2)cc(C(C)(C)C)c1)c1ccccc1Nc1cc(C(C)(C)C)cc(C(C)(C)C)c1. The first-order chi connectivity index (χ1) is 28.3. The van der Waals surface area contributed by atoms with Crippen LogP contribution in [-0.4, -0.2) is 16.6 Å². The van der Waals surface area contributed by atoms with Gasteiger partial charge in [-0.2, -0.15) is 0 Å². The van der Waals surface area contributed by atoms with Gasteiger partial charge >= 0.3 is 0 Å². The number of aromatic nitrogens is 2. The highest BCUT2D eigenvalue weighted by molar-refractivity contribution is 6.09. The van der Waals surface area contributed by atoms with Gasteiger partial charge in [0.25, 0.3) is 0 Å². The zero-order valence-electron chi connectivity index (χ0n) is 39.7. The summed E-state index contributed by atoms with van der Waals surface area (Å²) in [7, 11) is 2.15. The maximum absolute atomic E-state index is 6.93. The molecule has 0 aliphatic heterocycles. The predicted octanol–water partition coefficient (Wildman–Crippen LogP) is 16.0. The number of rotatable bonds is 7. The molecule has 5 heteroatoms. The highest BCUT2D eigenvalue weighted by atomic mass is 16.5. The highest BCUT2D eigenvalue weighted by Crippen LogP contribution is 2.42. The second kappa shape index (κ2) is 15.4. The summed E-state index contributed by atoms with van der Waals surface area (Å²) < 4.78 is 9.23. The van der Waals surface area contributed by atoms with Crippen molar-refractivity contribution in [3.63, 3.8) is 0 Å². The summed E-state index contributed by atoms with van der Waals surface area (Å²) >= 11 is 0. The lowest BCUT2D eigenvalue weighted by molar-refractivity contribution is 0.479. The Morgan fingerprint density at radius 2 is 1.08 bits per heavy atom. The molecule has 0 saturated carbocycles. The molecule has 1 N–H and O–H groups in total. The molecule has 0 amide bonds. The average molecular weight is 813 g/mol. The smallest absolute Gasteiger partial charge is 0.137 e. The molecule has 5 aromatic carbocycles. The maximum Gasteiger partial charge on any atom is 0.137 e. The molecule has 0 atom stereocenters. The van der Waals surface area contributed by atoms with Gasteiger partial charge in [0.15, 0.2) is 0 Å². The molecule has 0 fully saturated rings. The summed E-state index contributed by atoms with van der Waals surface area (Å²) in [6.45, 7) is 34.0. The van der Waals surface area contributed by atoms with Crippen LogP contribution in [0.1, 0.15) is 132 Å². The van der Waals surface area contributed by atoms with Gasteiger partial charge in [-0.25, -0.2) is 4.98 Å². The van der Waals surface area contributed by atoms with Gasteiger partial charge in [0.1, 0.15) is 17.3 Å². The van der Waals surface area contributed by atoms with Crippen molar-refractivity contribution in [1.29, 1.82) is 0 Å². The lowest BCUT2D eigenvalue weighted by Crippen LogP contribution is -2.17. The summed E-state index contributed by atoms with van der Waals surface area (Å²) in [6, 6.07) is 39.9. The van der Waals surface area contributed by atoms with E-state index in [9.17, 15) is 0 Å². The van der Waals surface area contributed by atoms with Crippen LogP contribution in [0, 0.1) is 0 Å². The van der Waals surface area contributed by atoms with Gasteiger partial charge in [0, 0.05) is 47.5 Å². The highest BCUT2D eigenvalue weighted by Gasteiger charge is 2.24. The van der Waals surface area contributed by atoms with Crippen molar-refractivity contribution in [3.8, 4) is 17.3 Å². The Labute approximate surface area is 366 Å². The molecule has 0 radical (unpaired) electrons. The van der Waals surface area contributed by atoms with E-state index in [0.717, 1.165) is 51.1 Å². The molecule has 7 aromatic rings. The molecule has 0 saturated heterocycles. The van der Waals surface area contributed by atoms with Crippen molar-refractivity contribution in [3.05, 3.63) is 143 Å². The van der Waals surface area contributed by atoms with Crippen LogP contribution < -0.4 is 15.0 Å². The van der Waals surface area contributed by atoms with Crippen molar-refractivity contribution in [2.75, 3.05) is 17.3 Å². The summed E-state index contributed by atoms with van der Waals surface area (Å²) in [5.41, 5.74) is 12.7. The average Bonchev–Trinajstić information content (AvgIpc) is 3.49. The minimum Gasteiger partial charge on any atom is -0.457 e. The predicted molar refractivity (Wildman–Crippen MR) is 263 cm³/mol. The largest absolute Gasteiger partial charge is 0.457 e. The third-order valence-corrected chi connectivity index (χ3v) is 12.0. The summed E-state index contributed by atoms with van der Waals surface area (Å²) in [5.74, 6) is 2.46. The minimum absolute atomic E-state index is 0.0166. The van der Waals surface area contributed by atoms with Crippen molar-refractivity contribution >= 4 is 44.6 Å². The Bertz CT molecular complexity index is 2700. The topological polar surface area (TPSA) is 42.3 Å². The number of nitrogens with zero attached hydrogens (tertiary/aromatic N) is 3. The summed E-state index contributed by atoms with van der Waals surface area (Å²) in [4.78, 5) is 7.22. The number of hydrogen-bond donors (Lipinski definition) is 1. The molecule has 5 nitrogen and oxygen atoms in total. The van der Waals surface area contributed by atoms with E-state index in [4.69, 9.17) is 9.72 Å². The first-order valence-corrected chi connectivity index (χ1v) is 21.9. The van der Waals surface area contributed by atoms with Gasteiger partial charge in [-0.3, -0.25) is 4.57 Å². The quantitative estimate of drug-likeness (QED) is 0.174. The molecule has 2 heterocycles. The number of ether oxygens (including phenoxy) is 1. The van der Waals surface area contributed by atoms with E-state index in [0.29, 0.717) is 0 Å². The molecule has 318 valence electrons. The molecule has 2 aromatic heterocycles. The van der Waals surface area contributed by atoms with E-state index in [2.05, 4.69) is 235 Å². The molecule has 0 aliphatic rings. The fourth-order valence-corrected chi connectivity index (χ4v) is 7.92. The summed E-state index contributed by atoms with van der Waals surface area (Å²) in [6.07, 6.45) is 1.94. The van der Waals surface area contributed by atoms with Gasteiger partial charge in [-0.05, 0) is 128 Å². The molecule has 0 unspecified atom stereocenters. The van der Waals surface area contributed by atoms with Crippen molar-refractivity contribution in [2.45, 2.75) is 131 Å². The first-order valence-electron chi connectivity index (χ1n) is 21.9. The van der Waals surface area contributed by atoms with Crippen LogP contribution in [-0.2, 0) is 27.1 Å². The van der Waals surface area contributed by atoms with Crippen LogP contribution in [0.5, 0.6) is 11.5 Å². The number of para-hydroxylation sites is 2. The normalized spacial score (nSPS) is 12.9. The lowest BCUT2D eigenvalue weighted by atomic mass is 9.80. The van der Waals surface area contributed by atoms with Crippen LogP contribution in [0.2, 0.25) is 0 Å². The minimum atomic E-state index is -0.117. The van der Waals surface area contributed by atoms with Gasteiger partial charge in [-0.15, -0.1) is 0 Å². The molecule has 61 heavy (non-hydrogen) atoms. The third-order valence-electron chi connectivity index (χ3n) is 12.0. The Hall–Kier alpha value is -5.55. The van der Waals surface area contributed by atoms with Crippen LogP contribution in [0.15, 0.2) is 115 Å². The first kappa shape index (κ1) is 43.5.